The summed E-state index contributed by atoms with van der Waals surface area (Å²) in [6.07, 6.45) is 3.97. The van der Waals surface area contributed by atoms with Crippen LogP contribution in [-0.4, -0.2) is 48.1 Å². The number of aliphatic imine (C=N–C) groups is 1. The van der Waals surface area contributed by atoms with E-state index in [-0.39, 0.29) is 35.2 Å². The number of piperidine rings is 1. The Morgan fingerprint density at radius 2 is 2.00 bits per heavy atom. The summed E-state index contributed by atoms with van der Waals surface area (Å²) in [6, 6.07) is 11.0. The predicted octanol–water partition coefficient (Wildman–Crippen LogP) is 4.99. The van der Waals surface area contributed by atoms with E-state index in [0.717, 1.165) is 56.2 Å². The SMILES string of the molecule is CCNC(=NCC(C)(C)c1ccc(F)cc1Cl)NC1CCN(Cc2ccccn2)CC1.I. The first-order chi connectivity index (χ1) is 14.9. The molecule has 1 aliphatic heterocycles. The molecule has 1 aliphatic rings. The third-order valence-electron chi connectivity index (χ3n) is 5.68. The zero-order valence-corrected chi connectivity index (χ0v) is 22.2. The van der Waals surface area contributed by atoms with Crippen LogP contribution in [0.15, 0.2) is 47.6 Å². The second kappa shape index (κ2) is 12.7. The smallest absolute Gasteiger partial charge is 0.191 e. The molecule has 1 aromatic heterocycles. The molecule has 2 heterocycles. The van der Waals surface area contributed by atoms with Crippen LogP contribution in [0.3, 0.4) is 0 Å². The molecular weight excluding hydrogens is 540 g/mol. The van der Waals surface area contributed by atoms with Gasteiger partial charge in [0.25, 0.3) is 0 Å². The van der Waals surface area contributed by atoms with Gasteiger partial charge >= 0.3 is 0 Å². The Balaban J connectivity index is 0.00000363. The lowest BCUT2D eigenvalue weighted by molar-refractivity contribution is 0.196. The number of aromatic nitrogens is 1. The number of guanidine groups is 1. The summed E-state index contributed by atoms with van der Waals surface area (Å²) in [6.45, 7) is 10.5. The fourth-order valence-corrected chi connectivity index (χ4v) is 4.29. The summed E-state index contributed by atoms with van der Waals surface area (Å²) in [5.74, 6) is 0.495. The number of rotatable bonds is 7. The first-order valence-corrected chi connectivity index (χ1v) is 11.4. The van der Waals surface area contributed by atoms with Crippen LogP contribution >= 0.6 is 35.6 Å². The van der Waals surface area contributed by atoms with Gasteiger partial charge in [0.2, 0.25) is 0 Å². The summed E-state index contributed by atoms with van der Waals surface area (Å²) < 4.78 is 13.4. The second-order valence-corrected chi connectivity index (χ2v) is 9.13. The largest absolute Gasteiger partial charge is 0.357 e. The lowest BCUT2D eigenvalue weighted by atomic mass is 9.84. The monoisotopic (exact) mass is 573 g/mol. The van der Waals surface area contributed by atoms with Crippen molar-refractivity contribution in [2.45, 2.75) is 51.6 Å². The van der Waals surface area contributed by atoms with Gasteiger partial charge in [0.1, 0.15) is 5.82 Å². The van der Waals surface area contributed by atoms with Crippen molar-refractivity contribution in [3.63, 3.8) is 0 Å². The highest BCUT2D eigenvalue weighted by Crippen LogP contribution is 2.30. The molecule has 1 aromatic carbocycles. The number of hydrogen-bond acceptors (Lipinski definition) is 3. The summed E-state index contributed by atoms with van der Waals surface area (Å²) >= 11 is 6.29. The van der Waals surface area contributed by atoms with Gasteiger partial charge in [-0.3, -0.25) is 14.9 Å². The van der Waals surface area contributed by atoms with Gasteiger partial charge < -0.3 is 10.6 Å². The molecule has 32 heavy (non-hydrogen) atoms. The van der Waals surface area contributed by atoms with E-state index in [2.05, 4.69) is 47.4 Å². The topological polar surface area (TPSA) is 52.6 Å². The first kappa shape index (κ1) is 26.8. The minimum absolute atomic E-state index is 0. The van der Waals surface area contributed by atoms with Gasteiger partial charge in [-0.15, -0.1) is 24.0 Å². The molecule has 0 atom stereocenters. The van der Waals surface area contributed by atoms with Crippen molar-refractivity contribution in [2.24, 2.45) is 4.99 Å². The van der Waals surface area contributed by atoms with Crippen LogP contribution < -0.4 is 10.6 Å². The molecule has 0 radical (unpaired) electrons. The maximum Gasteiger partial charge on any atom is 0.191 e. The molecule has 0 unspecified atom stereocenters. The predicted molar refractivity (Wildman–Crippen MR) is 142 cm³/mol. The molecule has 8 heteroatoms. The normalized spacial score (nSPS) is 15.8. The van der Waals surface area contributed by atoms with E-state index in [9.17, 15) is 4.39 Å². The van der Waals surface area contributed by atoms with Crippen LogP contribution in [0.25, 0.3) is 0 Å². The average molecular weight is 574 g/mol. The lowest BCUT2D eigenvalue weighted by Gasteiger charge is -2.33. The Kier molecular flexibility index (Phi) is 10.6. The van der Waals surface area contributed by atoms with Gasteiger partial charge in [0, 0.05) is 48.9 Å². The second-order valence-electron chi connectivity index (χ2n) is 8.72. The quantitative estimate of drug-likeness (QED) is 0.278. The van der Waals surface area contributed by atoms with E-state index in [1.165, 1.54) is 12.1 Å². The highest BCUT2D eigenvalue weighted by Gasteiger charge is 2.25. The van der Waals surface area contributed by atoms with Gasteiger partial charge in [-0.1, -0.05) is 37.6 Å². The van der Waals surface area contributed by atoms with E-state index in [1.54, 1.807) is 6.07 Å². The molecule has 5 nitrogen and oxygen atoms in total. The highest BCUT2D eigenvalue weighted by atomic mass is 127. The van der Waals surface area contributed by atoms with Crippen molar-refractivity contribution < 1.29 is 4.39 Å². The molecule has 176 valence electrons. The fraction of sp³-hybridized carbons (Fsp3) is 0.500. The van der Waals surface area contributed by atoms with Crippen LogP contribution in [0, 0.1) is 5.82 Å². The van der Waals surface area contributed by atoms with E-state index in [0.29, 0.717) is 17.6 Å². The molecule has 2 aromatic rings. The summed E-state index contributed by atoms with van der Waals surface area (Å²) in [5.41, 5.74) is 1.71. The molecule has 0 amide bonds. The number of halogens is 3. The molecular formula is C24H34ClFIN5. The summed E-state index contributed by atoms with van der Waals surface area (Å²) in [5, 5.41) is 7.39. The Labute approximate surface area is 213 Å². The van der Waals surface area contributed by atoms with Crippen LogP contribution in [0.2, 0.25) is 5.02 Å². The molecule has 2 N–H and O–H groups in total. The maximum atomic E-state index is 13.4. The Hall–Kier alpha value is -1.45. The summed E-state index contributed by atoms with van der Waals surface area (Å²) in [7, 11) is 0. The van der Waals surface area contributed by atoms with Crippen molar-refractivity contribution in [1.29, 1.82) is 0 Å². The van der Waals surface area contributed by atoms with Crippen molar-refractivity contribution in [1.82, 2.24) is 20.5 Å². The fourth-order valence-electron chi connectivity index (χ4n) is 3.87. The number of pyridine rings is 1. The van der Waals surface area contributed by atoms with Gasteiger partial charge in [-0.05, 0) is 49.6 Å². The lowest BCUT2D eigenvalue weighted by Crippen LogP contribution is -2.48. The Morgan fingerprint density at radius 1 is 1.25 bits per heavy atom. The molecule has 0 saturated carbocycles. The average Bonchev–Trinajstić information content (AvgIpc) is 2.74. The van der Waals surface area contributed by atoms with Crippen molar-refractivity contribution in [3.05, 3.63) is 64.7 Å². The maximum absolute atomic E-state index is 13.4. The van der Waals surface area contributed by atoms with Crippen LogP contribution in [-0.2, 0) is 12.0 Å². The van der Waals surface area contributed by atoms with Gasteiger partial charge in [0.05, 0.1) is 12.2 Å². The van der Waals surface area contributed by atoms with Gasteiger partial charge in [-0.25, -0.2) is 4.39 Å². The first-order valence-electron chi connectivity index (χ1n) is 11.0. The molecule has 0 aliphatic carbocycles. The number of nitrogens with one attached hydrogen (secondary N) is 2. The standard InChI is InChI=1S/C24H33ClFN5.HI/c1-4-27-23(29-17-24(2,3)21-9-8-18(26)15-22(21)25)30-19-10-13-31(14-11-19)16-20-7-5-6-12-28-20;/h5-9,12,15,19H,4,10-11,13-14,16-17H2,1-3H3,(H2,27,29,30);1H. The van der Waals surface area contributed by atoms with E-state index >= 15 is 0 Å². The van der Waals surface area contributed by atoms with Crippen LogP contribution in [0.5, 0.6) is 0 Å². The molecule has 0 bridgehead atoms. The summed E-state index contributed by atoms with van der Waals surface area (Å²) in [4.78, 5) is 11.7. The van der Waals surface area contributed by atoms with E-state index in [1.807, 2.05) is 18.3 Å². The number of nitrogens with zero attached hydrogens (tertiary/aromatic N) is 3. The van der Waals surface area contributed by atoms with Crippen LogP contribution in [0.1, 0.15) is 44.9 Å². The third kappa shape index (κ3) is 7.85. The number of hydrogen-bond donors (Lipinski definition) is 2. The number of likely N-dealkylation sites (tertiary alicyclic amines) is 1. The van der Waals surface area contributed by atoms with Crippen LogP contribution in [0.4, 0.5) is 4.39 Å². The molecule has 1 saturated heterocycles. The minimum atomic E-state index is -0.322. The molecule has 3 rings (SSSR count). The number of benzene rings is 1. The van der Waals surface area contributed by atoms with E-state index < -0.39 is 0 Å². The van der Waals surface area contributed by atoms with E-state index in [4.69, 9.17) is 16.6 Å². The molecule has 0 spiro atoms. The van der Waals surface area contributed by atoms with Crippen molar-refractivity contribution in [2.75, 3.05) is 26.2 Å². The zero-order chi connectivity index (χ0) is 22.3. The zero-order valence-electron chi connectivity index (χ0n) is 19.1. The van der Waals surface area contributed by atoms with Crippen molar-refractivity contribution >= 4 is 41.5 Å². The Morgan fingerprint density at radius 3 is 2.62 bits per heavy atom. The Bertz CT molecular complexity index is 870. The van der Waals surface area contributed by atoms with Crippen molar-refractivity contribution in [3.8, 4) is 0 Å². The van der Waals surface area contributed by atoms with Gasteiger partial charge in [0.15, 0.2) is 5.96 Å². The van der Waals surface area contributed by atoms with Gasteiger partial charge in [-0.2, -0.15) is 0 Å². The highest BCUT2D eigenvalue weighted by molar-refractivity contribution is 14.0. The third-order valence-corrected chi connectivity index (χ3v) is 5.99. The minimum Gasteiger partial charge on any atom is -0.357 e. The molecule has 1 fully saturated rings.